The highest BCUT2D eigenvalue weighted by Gasteiger charge is 2.60. The van der Waals surface area contributed by atoms with E-state index in [-0.39, 0.29) is 11.9 Å². The molecule has 0 aromatic heterocycles. The largest absolute Gasteiger partial charge is 0.379 e. The van der Waals surface area contributed by atoms with Crippen molar-refractivity contribution in [3.63, 3.8) is 0 Å². The maximum Gasteiger partial charge on any atom is 0.240 e. The summed E-state index contributed by atoms with van der Waals surface area (Å²) in [4.78, 5) is 24.1. The number of ether oxygens (including phenoxy) is 1. The Hall–Kier alpha value is -2.21. The number of aryl methyl sites for hydroxylation is 3. The van der Waals surface area contributed by atoms with Crippen molar-refractivity contribution in [2.45, 2.75) is 58.9 Å². The van der Waals surface area contributed by atoms with Crippen molar-refractivity contribution in [1.82, 2.24) is 4.90 Å². The Morgan fingerprint density at radius 3 is 2.21 bits per heavy atom. The molecular formula is C28H34ClN3O2. The SMILES string of the molecule is Cc1cc(C)c(N=C2[C@@H](N3CCOCC3)C3(CCCCC3)C(=O)N2c2ccc(Cl)cc2)c(C)c1. The zero-order valence-corrected chi connectivity index (χ0v) is 21.2. The Morgan fingerprint density at radius 2 is 1.59 bits per heavy atom. The van der Waals surface area contributed by atoms with E-state index in [0.29, 0.717) is 18.2 Å². The van der Waals surface area contributed by atoms with Crippen LogP contribution in [0, 0.1) is 26.2 Å². The summed E-state index contributed by atoms with van der Waals surface area (Å²) in [5.41, 5.74) is 4.87. The van der Waals surface area contributed by atoms with Crippen LogP contribution in [0.25, 0.3) is 0 Å². The van der Waals surface area contributed by atoms with Gasteiger partial charge >= 0.3 is 0 Å². The predicted octanol–water partition coefficient (Wildman–Crippen LogP) is 5.99. The quantitative estimate of drug-likeness (QED) is 0.542. The lowest BCUT2D eigenvalue weighted by Gasteiger charge is -2.42. The number of amidine groups is 1. The second-order valence-electron chi connectivity index (χ2n) is 10.1. The Balaban J connectivity index is 1.72. The molecule has 3 aliphatic rings. The van der Waals surface area contributed by atoms with Crippen LogP contribution in [0.2, 0.25) is 5.02 Å². The van der Waals surface area contributed by atoms with Crippen molar-refractivity contribution >= 4 is 34.7 Å². The highest BCUT2D eigenvalue weighted by atomic mass is 35.5. The fourth-order valence-electron chi connectivity index (χ4n) is 6.25. The van der Waals surface area contributed by atoms with Crippen LogP contribution in [0.3, 0.4) is 0 Å². The Labute approximate surface area is 207 Å². The molecule has 1 amide bonds. The van der Waals surface area contributed by atoms with E-state index in [1.807, 2.05) is 29.2 Å². The summed E-state index contributed by atoms with van der Waals surface area (Å²) in [5.74, 6) is 1.04. The molecule has 0 N–H and O–H groups in total. The fourth-order valence-corrected chi connectivity index (χ4v) is 6.37. The fraction of sp³-hybridized carbons (Fsp3) is 0.500. The first kappa shape index (κ1) is 23.5. The van der Waals surface area contributed by atoms with Crippen LogP contribution >= 0.6 is 11.6 Å². The van der Waals surface area contributed by atoms with Crippen molar-refractivity contribution in [2.24, 2.45) is 10.4 Å². The average Bonchev–Trinajstić information content (AvgIpc) is 3.05. The Kier molecular flexibility index (Phi) is 6.54. The third kappa shape index (κ3) is 4.08. The molecule has 180 valence electrons. The van der Waals surface area contributed by atoms with Crippen molar-refractivity contribution < 1.29 is 9.53 Å². The van der Waals surface area contributed by atoms with E-state index in [4.69, 9.17) is 21.3 Å². The van der Waals surface area contributed by atoms with Gasteiger partial charge in [0.25, 0.3) is 0 Å². The molecule has 0 bridgehead atoms. The highest BCUT2D eigenvalue weighted by molar-refractivity contribution is 6.31. The third-order valence-electron chi connectivity index (χ3n) is 7.73. The molecule has 3 fully saturated rings. The third-order valence-corrected chi connectivity index (χ3v) is 7.98. The van der Waals surface area contributed by atoms with Crippen LogP contribution in [0.15, 0.2) is 41.4 Å². The van der Waals surface area contributed by atoms with Gasteiger partial charge in [-0.15, -0.1) is 0 Å². The molecule has 2 aromatic carbocycles. The molecule has 1 atom stereocenters. The van der Waals surface area contributed by atoms with E-state index < -0.39 is 5.41 Å². The standard InChI is InChI=1S/C28H34ClN3O2/c1-19-17-20(2)24(21(3)18-19)30-26-25(31-13-15-34-16-14-31)28(11-5-4-6-12-28)27(33)32(26)23-9-7-22(29)8-10-23/h7-10,17-18,25H,4-6,11-16H2,1-3H3/t25-/m1/s1. The van der Waals surface area contributed by atoms with Crippen LogP contribution in [-0.4, -0.2) is 49.0 Å². The summed E-state index contributed by atoms with van der Waals surface area (Å²) >= 11 is 6.21. The second kappa shape index (κ2) is 9.44. The summed E-state index contributed by atoms with van der Waals surface area (Å²) in [6.07, 6.45) is 5.16. The highest BCUT2D eigenvalue weighted by Crippen LogP contribution is 2.50. The number of carbonyl (C=O) groups is 1. The van der Waals surface area contributed by atoms with Crippen molar-refractivity contribution in [3.8, 4) is 0 Å². The lowest BCUT2D eigenvalue weighted by Crippen LogP contribution is -2.54. The molecular weight excluding hydrogens is 446 g/mol. The Bertz CT molecular complexity index is 1080. The topological polar surface area (TPSA) is 45.1 Å². The first-order chi connectivity index (χ1) is 16.4. The number of rotatable bonds is 3. The number of hydrogen-bond donors (Lipinski definition) is 0. The number of nitrogens with zero attached hydrogens (tertiary/aromatic N) is 3. The maximum atomic E-state index is 14.4. The van der Waals surface area contributed by atoms with E-state index in [2.05, 4.69) is 37.8 Å². The number of halogens is 1. The smallest absolute Gasteiger partial charge is 0.240 e. The molecule has 0 unspecified atom stereocenters. The normalized spacial score (nSPS) is 24.4. The number of amides is 1. The lowest BCUT2D eigenvalue weighted by atomic mass is 9.69. The minimum atomic E-state index is -0.444. The summed E-state index contributed by atoms with van der Waals surface area (Å²) < 4.78 is 5.70. The Morgan fingerprint density at radius 1 is 0.971 bits per heavy atom. The molecule has 5 nitrogen and oxygen atoms in total. The number of anilines is 1. The van der Waals surface area contributed by atoms with E-state index in [9.17, 15) is 4.79 Å². The number of aliphatic imine (C=N–C) groups is 1. The van der Waals surface area contributed by atoms with E-state index >= 15 is 0 Å². The van der Waals surface area contributed by atoms with Crippen LogP contribution in [0.5, 0.6) is 0 Å². The van der Waals surface area contributed by atoms with Gasteiger partial charge in [-0.1, -0.05) is 48.6 Å². The molecule has 0 radical (unpaired) electrons. The number of benzene rings is 2. The zero-order chi connectivity index (χ0) is 23.9. The molecule has 5 rings (SSSR count). The monoisotopic (exact) mass is 479 g/mol. The van der Waals surface area contributed by atoms with Crippen molar-refractivity contribution in [3.05, 3.63) is 58.1 Å². The summed E-state index contributed by atoms with van der Waals surface area (Å²) in [6, 6.07) is 11.9. The first-order valence-electron chi connectivity index (χ1n) is 12.5. The minimum absolute atomic E-state index is 0.0556. The molecule has 1 saturated carbocycles. The summed E-state index contributed by atoms with van der Waals surface area (Å²) in [5, 5.41) is 0.663. The summed E-state index contributed by atoms with van der Waals surface area (Å²) in [6.45, 7) is 9.36. The van der Waals surface area contributed by atoms with Gasteiger partial charge in [0.05, 0.1) is 36.0 Å². The van der Waals surface area contributed by atoms with Gasteiger partial charge in [0.1, 0.15) is 5.84 Å². The zero-order valence-electron chi connectivity index (χ0n) is 20.4. The second-order valence-corrected chi connectivity index (χ2v) is 10.5. The van der Waals surface area contributed by atoms with E-state index in [0.717, 1.165) is 67.1 Å². The van der Waals surface area contributed by atoms with Crippen LogP contribution in [0.4, 0.5) is 11.4 Å². The molecule has 2 heterocycles. The van der Waals surface area contributed by atoms with Gasteiger partial charge in [-0.3, -0.25) is 14.6 Å². The molecule has 2 aromatic rings. The van der Waals surface area contributed by atoms with Gasteiger partial charge in [0, 0.05) is 18.1 Å². The molecule has 34 heavy (non-hydrogen) atoms. The van der Waals surface area contributed by atoms with Gasteiger partial charge < -0.3 is 4.74 Å². The van der Waals surface area contributed by atoms with E-state index in [1.165, 1.54) is 12.0 Å². The van der Waals surface area contributed by atoms with Gasteiger partial charge in [0.15, 0.2) is 0 Å². The minimum Gasteiger partial charge on any atom is -0.379 e. The van der Waals surface area contributed by atoms with Crippen molar-refractivity contribution in [1.29, 1.82) is 0 Å². The lowest BCUT2D eigenvalue weighted by molar-refractivity contribution is -0.130. The van der Waals surface area contributed by atoms with Crippen LogP contribution < -0.4 is 4.90 Å². The number of carbonyl (C=O) groups excluding carboxylic acids is 1. The van der Waals surface area contributed by atoms with Crippen LogP contribution in [0.1, 0.15) is 48.8 Å². The average molecular weight is 480 g/mol. The first-order valence-corrected chi connectivity index (χ1v) is 12.9. The molecule has 2 aliphatic heterocycles. The van der Waals surface area contributed by atoms with Gasteiger partial charge in [0.2, 0.25) is 5.91 Å². The molecule has 1 spiro atoms. The van der Waals surface area contributed by atoms with Crippen LogP contribution in [-0.2, 0) is 9.53 Å². The van der Waals surface area contributed by atoms with Gasteiger partial charge in [-0.05, 0) is 69.0 Å². The number of morpholine rings is 1. The number of hydrogen-bond acceptors (Lipinski definition) is 4. The molecule has 2 saturated heterocycles. The van der Waals surface area contributed by atoms with Crippen molar-refractivity contribution in [2.75, 3.05) is 31.2 Å². The van der Waals surface area contributed by atoms with Gasteiger partial charge in [-0.25, -0.2) is 4.99 Å². The predicted molar refractivity (Wildman–Crippen MR) is 138 cm³/mol. The van der Waals surface area contributed by atoms with Gasteiger partial charge in [-0.2, -0.15) is 0 Å². The summed E-state index contributed by atoms with van der Waals surface area (Å²) in [7, 11) is 0. The molecule has 1 aliphatic carbocycles. The molecule has 6 heteroatoms. The maximum absolute atomic E-state index is 14.4. The van der Waals surface area contributed by atoms with E-state index in [1.54, 1.807) is 0 Å².